The summed E-state index contributed by atoms with van der Waals surface area (Å²) in [5.74, 6) is 1.18. The SMILES string of the molecule is CCC12COC(=O)N1CCN(c1nccc(OC)n1)C2. The van der Waals surface area contributed by atoms with Crippen LogP contribution in [0.5, 0.6) is 5.88 Å². The van der Waals surface area contributed by atoms with Gasteiger partial charge in [-0.2, -0.15) is 4.98 Å². The number of carbonyl (C=O) groups excluding carboxylic acids is 1. The first-order chi connectivity index (χ1) is 9.68. The molecule has 3 heterocycles. The van der Waals surface area contributed by atoms with Crippen molar-refractivity contribution < 1.29 is 14.3 Å². The molecule has 108 valence electrons. The van der Waals surface area contributed by atoms with Crippen LogP contribution in [0.15, 0.2) is 12.3 Å². The fourth-order valence-electron chi connectivity index (χ4n) is 2.83. The molecule has 0 saturated carbocycles. The summed E-state index contributed by atoms with van der Waals surface area (Å²) in [6.45, 7) is 4.52. The topological polar surface area (TPSA) is 67.8 Å². The Kier molecular flexibility index (Phi) is 3.11. The lowest BCUT2D eigenvalue weighted by Crippen LogP contribution is -2.61. The molecule has 1 unspecified atom stereocenters. The van der Waals surface area contributed by atoms with E-state index in [-0.39, 0.29) is 11.6 Å². The first-order valence-corrected chi connectivity index (χ1v) is 6.75. The molecule has 1 atom stereocenters. The van der Waals surface area contributed by atoms with E-state index in [1.165, 1.54) is 0 Å². The Morgan fingerprint density at radius 3 is 3.10 bits per heavy atom. The highest BCUT2D eigenvalue weighted by Gasteiger charge is 2.49. The van der Waals surface area contributed by atoms with Crippen LogP contribution in [0, 0.1) is 0 Å². The van der Waals surface area contributed by atoms with Crippen LogP contribution < -0.4 is 9.64 Å². The van der Waals surface area contributed by atoms with Crippen LogP contribution in [0.25, 0.3) is 0 Å². The Balaban J connectivity index is 1.85. The minimum absolute atomic E-state index is 0.210. The molecule has 1 aromatic rings. The van der Waals surface area contributed by atoms with Gasteiger partial charge in [-0.05, 0) is 6.42 Å². The number of nitrogens with zero attached hydrogens (tertiary/aromatic N) is 4. The molecule has 1 aromatic heterocycles. The first-order valence-electron chi connectivity index (χ1n) is 6.75. The number of piperazine rings is 1. The highest BCUT2D eigenvalue weighted by molar-refractivity contribution is 5.72. The molecule has 0 aliphatic carbocycles. The number of ether oxygens (including phenoxy) is 2. The first kappa shape index (κ1) is 13.0. The van der Waals surface area contributed by atoms with Crippen LogP contribution in [0.4, 0.5) is 10.7 Å². The number of hydrogen-bond acceptors (Lipinski definition) is 6. The largest absolute Gasteiger partial charge is 0.481 e. The predicted octanol–water partition coefficient (Wildman–Crippen LogP) is 0.906. The van der Waals surface area contributed by atoms with Gasteiger partial charge in [0.1, 0.15) is 6.61 Å². The number of anilines is 1. The summed E-state index contributed by atoms with van der Waals surface area (Å²) >= 11 is 0. The second-order valence-electron chi connectivity index (χ2n) is 5.10. The summed E-state index contributed by atoms with van der Waals surface area (Å²) in [7, 11) is 1.58. The van der Waals surface area contributed by atoms with Crippen LogP contribution in [0.3, 0.4) is 0 Å². The Hall–Kier alpha value is -2.05. The molecule has 0 N–H and O–H groups in total. The molecule has 2 aliphatic heterocycles. The van der Waals surface area contributed by atoms with Crippen molar-refractivity contribution in [3.8, 4) is 5.88 Å². The lowest BCUT2D eigenvalue weighted by atomic mass is 9.93. The molecule has 0 aromatic carbocycles. The van der Waals surface area contributed by atoms with E-state index < -0.39 is 0 Å². The predicted molar refractivity (Wildman–Crippen MR) is 71.9 cm³/mol. The summed E-state index contributed by atoms with van der Waals surface area (Å²) in [5, 5.41) is 0. The Morgan fingerprint density at radius 2 is 2.35 bits per heavy atom. The average Bonchev–Trinajstić information content (AvgIpc) is 2.85. The minimum Gasteiger partial charge on any atom is -0.481 e. The van der Waals surface area contributed by atoms with E-state index in [9.17, 15) is 4.79 Å². The second kappa shape index (κ2) is 4.81. The highest BCUT2D eigenvalue weighted by Crippen LogP contribution is 2.32. The van der Waals surface area contributed by atoms with E-state index in [2.05, 4.69) is 21.8 Å². The number of amides is 1. The summed E-state index contributed by atoms with van der Waals surface area (Å²) in [4.78, 5) is 24.3. The van der Waals surface area contributed by atoms with Crippen LogP contribution in [0.1, 0.15) is 13.3 Å². The van der Waals surface area contributed by atoms with Crippen molar-refractivity contribution in [3.63, 3.8) is 0 Å². The van der Waals surface area contributed by atoms with E-state index in [4.69, 9.17) is 9.47 Å². The standard InChI is InChI=1S/C13H18N4O3/c1-3-13-8-16(6-7-17(13)12(18)20-9-13)11-14-5-4-10(15-11)19-2/h4-5H,3,6-9H2,1-2H3. The number of cyclic esters (lactones) is 1. The maximum absolute atomic E-state index is 11.8. The van der Waals surface area contributed by atoms with Crippen molar-refractivity contribution in [2.24, 2.45) is 0 Å². The molecule has 0 bridgehead atoms. The van der Waals surface area contributed by atoms with E-state index >= 15 is 0 Å². The zero-order valence-electron chi connectivity index (χ0n) is 11.7. The van der Waals surface area contributed by atoms with Crippen LogP contribution in [-0.2, 0) is 4.74 Å². The molecule has 3 rings (SSSR count). The van der Waals surface area contributed by atoms with Crippen molar-refractivity contribution in [2.45, 2.75) is 18.9 Å². The number of methoxy groups -OCH3 is 1. The quantitative estimate of drug-likeness (QED) is 0.818. The Bertz CT molecular complexity index is 524. The summed E-state index contributed by atoms with van der Waals surface area (Å²) in [5.41, 5.74) is -0.262. The van der Waals surface area contributed by atoms with Crippen LogP contribution in [0.2, 0.25) is 0 Å². The van der Waals surface area contributed by atoms with Gasteiger partial charge in [0, 0.05) is 31.9 Å². The molecule has 2 fully saturated rings. The zero-order valence-corrected chi connectivity index (χ0v) is 11.7. The molecule has 7 heteroatoms. The summed E-state index contributed by atoms with van der Waals surface area (Å²) < 4.78 is 10.4. The average molecular weight is 278 g/mol. The number of carbonyl (C=O) groups is 1. The number of rotatable bonds is 3. The van der Waals surface area contributed by atoms with Gasteiger partial charge in [0.2, 0.25) is 11.8 Å². The number of hydrogen-bond donors (Lipinski definition) is 0. The van der Waals surface area contributed by atoms with Gasteiger partial charge in [-0.1, -0.05) is 6.92 Å². The van der Waals surface area contributed by atoms with Gasteiger partial charge in [0.25, 0.3) is 0 Å². The van der Waals surface area contributed by atoms with Gasteiger partial charge < -0.3 is 14.4 Å². The number of aromatic nitrogens is 2. The summed E-state index contributed by atoms with van der Waals surface area (Å²) in [6.07, 6.45) is 2.32. The molecule has 0 radical (unpaired) electrons. The Labute approximate surface area is 117 Å². The molecular weight excluding hydrogens is 260 g/mol. The third-order valence-corrected chi connectivity index (χ3v) is 4.10. The molecule has 2 aliphatic rings. The van der Waals surface area contributed by atoms with E-state index in [1.807, 2.05) is 4.90 Å². The smallest absolute Gasteiger partial charge is 0.410 e. The second-order valence-corrected chi connectivity index (χ2v) is 5.10. The van der Waals surface area contributed by atoms with Crippen LogP contribution in [-0.4, -0.2) is 59.9 Å². The molecule has 1 amide bonds. The highest BCUT2D eigenvalue weighted by atomic mass is 16.6. The number of fused-ring (bicyclic) bond motifs is 1. The van der Waals surface area contributed by atoms with Gasteiger partial charge in [0.15, 0.2) is 0 Å². The van der Waals surface area contributed by atoms with Crippen molar-refractivity contribution in [2.75, 3.05) is 38.3 Å². The van der Waals surface area contributed by atoms with Gasteiger partial charge in [-0.15, -0.1) is 0 Å². The summed E-state index contributed by atoms with van der Waals surface area (Å²) in [6, 6.07) is 1.72. The minimum atomic E-state index is -0.262. The van der Waals surface area contributed by atoms with Gasteiger partial charge in [-0.25, -0.2) is 9.78 Å². The fraction of sp³-hybridized carbons (Fsp3) is 0.615. The molecule has 2 saturated heterocycles. The molecular formula is C13H18N4O3. The Morgan fingerprint density at radius 1 is 1.50 bits per heavy atom. The third kappa shape index (κ3) is 1.93. The van der Waals surface area contributed by atoms with Gasteiger partial charge in [0.05, 0.1) is 12.6 Å². The monoisotopic (exact) mass is 278 g/mol. The van der Waals surface area contributed by atoms with E-state index in [0.717, 1.165) is 6.42 Å². The molecule has 20 heavy (non-hydrogen) atoms. The lowest BCUT2D eigenvalue weighted by Gasteiger charge is -2.44. The lowest BCUT2D eigenvalue weighted by molar-refractivity contribution is 0.137. The van der Waals surface area contributed by atoms with Crippen molar-refractivity contribution in [3.05, 3.63) is 12.3 Å². The zero-order chi connectivity index (χ0) is 14.2. The molecule has 0 spiro atoms. The van der Waals surface area contributed by atoms with Crippen molar-refractivity contribution >= 4 is 12.0 Å². The van der Waals surface area contributed by atoms with Crippen LogP contribution >= 0.6 is 0 Å². The fourth-order valence-corrected chi connectivity index (χ4v) is 2.83. The van der Waals surface area contributed by atoms with Crippen molar-refractivity contribution in [1.29, 1.82) is 0 Å². The normalized spacial score (nSPS) is 25.4. The van der Waals surface area contributed by atoms with Crippen molar-refractivity contribution in [1.82, 2.24) is 14.9 Å². The van der Waals surface area contributed by atoms with E-state index in [0.29, 0.717) is 38.1 Å². The van der Waals surface area contributed by atoms with E-state index in [1.54, 1.807) is 19.4 Å². The molecule has 7 nitrogen and oxygen atoms in total. The van der Waals surface area contributed by atoms with Gasteiger partial charge in [-0.3, -0.25) is 4.90 Å². The maximum Gasteiger partial charge on any atom is 0.410 e. The maximum atomic E-state index is 11.8. The third-order valence-electron chi connectivity index (χ3n) is 4.10. The van der Waals surface area contributed by atoms with Gasteiger partial charge >= 0.3 is 6.09 Å².